The van der Waals surface area contributed by atoms with Gasteiger partial charge in [0.15, 0.2) is 0 Å². The molecule has 0 radical (unpaired) electrons. The van der Waals surface area contributed by atoms with Crippen LogP contribution in [0.4, 0.5) is 0 Å². The molecule has 2 heteroatoms. The summed E-state index contributed by atoms with van der Waals surface area (Å²) in [6, 6.07) is 0. The first-order valence-electron chi connectivity index (χ1n) is 6.65. The molecule has 5 aliphatic rings. The first-order chi connectivity index (χ1) is 7.75. The smallest absolute Gasteiger partial charge is 0.307 e. The van der Waals surface area contributed by atoms with Gasteiger partial charge in [0.05, 0.1) is 5.92 Å². The molecule has 2 nitrogen and oxygen atoms in total. The SMILES string of the molecule is O=C(O)[C@@H]1C2CC3CC4[C@H]2C=CC[C@@H]4C1C3. The Hall–Kier alpha value is -0.790. The molecule has 7 atom stereocenters. The Balaban J connectivity index is 1.82. The van der Waals surface area contributed by atoms with Crippen molar-refractivity contribution in [3.05, 3.63) is 12.2 Å². The lowest BCUT2D eigenvalue weighted by Gasteiger charge is -2.61. The molecule has 0 aliphatic heterocycles. The highest BCUT2D eigenvalue weighted by Crippen LogP contribution is 2.64. The highest BCUT2D eigenvalue weighted by molar-refractivity contribution is 5.71. The summed E-state index contributed by atoms with van der Waals surface area (Å²) in [6.45, 7) is 0. The molecule has 5 aliphatic carbocycles. The van der Waals surface area contributed by atoms with E-state index in [9.17, 15) is 9.90 Å². The van der Waals surface area contributed by atoms with Gasteiger partial charge in [-0.25, -0.2) is 0 Å². The number of carbonyl (C=O) groups is 1. The van der Waals surface area contributed by atoms with Crippen LogP contribution in [0, 0.1) is 41.4 Å². The average Bonchev–Trinajstić information content (AvgIpc) is 2.26. The van der Waals surface area contributed by atoms with Crippen molar-refractivity contribution < 1.29 is 9.90 Å². The molecular weight excluding hydrogens is 200 g/mol. The van der Waals surface area contributed by atoms with Gasteiger partial charge in [-0.15, -0.1) is 0 Å². The van der Waals surface area contributed by atoms with Crippen LogP contribution in [0.2, 0.25) is 0 Å². The summed E-state index contributed by atoms with van der Waals surface area (Å²) in [5.74, 6) is 3.43. The van der Waals surface area contributed by atoms with E-state index in [1.807, 2.05) is 0 Å². The maximum absolute atomic E-state index is 11.5. The van der Waals surface area contributed by atoms with E-state index in [0.717, 1.165) is 18.3 Å². The van der Waals surface area contributed by atoms with Gasteiger partial charge in [0.1, 0.15) is 0 Å². The predicted octanol–water partition coefficient (Wildman–Crippen LogP) is 2.56. The molecule has 6 bridgehead atoms. The normalized spacial score (nSPS) is 56.6. The second-order valence-electron chi connectivity index (χ2n) is 6.33. The van der Waals surface area contributed by atoms with Gasteiger partial charge in [-0.1, -0.05) is 12.2 Å². The molecule has 0 saturated heterocycles. The third-order valence-electron chi connectivity index (χ3n) is 5.88. The third-order valence-corrected chi connectivity index (χ3v) is 5.88. The molecule has 0 aromatic heterocycles. The van der Waals surface area contributed by atoms with E-state index in [4.69, 9.17) is 0 Å². The van der Waals surface area contributed by atoms with Crippen molar-refractivity contribution in [3.63, 3.8) is 0 Å². The van der Waals surface area contributed by atoms with E-state index in [2.05, 4.69) is 12.2 Å². The molecule has 0 aromatic carbocycles. The minimum atomic E-state index is -0.515. The maximum atomic E-state index is 11.5. The van der Waals surface area contributed by atoms with Crippen LogP contribution >= 0.6 is 0 Å². The molecule has 5 rings (SSSR count). The number of hydrogen-bond donors (Lipinski definition) is 1. The molecule has 0 heterocycles. The van der Waals surface area contributed by atoms with Crippen molar-refractivity contribution in [1.29, 1.82) is 0 Å². The lowest BCUT2D eigenvalue weighted by molar-refractivity contribution is -0.169. The monoisotopic (exact) mass is 218 g/mol. The van der Waals surface area contributed by atoms with Crippen molar-refractivity contribution in [2.45, 2.75) is 25.7 Å². The van der Waals surface area contributed by atoms with E-state index in [1.165, 1.54) is 19.3 Å². The first-order valence-corrected chi connectivity index (χ1v) is 6.65. The number of allylic oxidation sites excluding steroid dienone is 2. The Bertz CT molecular complexity index is 373. The van der Waals surface area contributed by atoms with Crippen LogP contribution in [-0.4, -0.2) is 11.1 Å². The average molecular weight is 218 g/mol. The molecule has 4 unspecified atom stereocenters. The highest BCUT2D eigenvalue weighted by atomic mass is 16.4. The van der Waals surface area contributed by atoms with Crippen LogP contribution in [0.5, 0.6) is 0 Å². The molecular formula is C14H18O2. The molecule has 0 spiro atoms. The number of hydrogen-bond acceptors (Lipinski definition) is 1. The number of rotatable bonds is 1. The number of carboxylic acid groups (broad SMARTS) is 1. The van der Waals surface area contributed by atoms with Crippen LogP contribution in [0.1, 0.15) is 25.7 Å². The van der Waals surface area contributed by atoms with Gasteiger partial charge < -0.3 is 5.11 Å². The zero-order valence-corrected chi connectivity index (χ0v) is 9.38. The lowest BCUT2D eigenvalue weighted by atomic mass is 9.42. The Kier molecular flexibility index (Phi) is 1.68. The van der Waals surface area contributed by atoms with Crippen molar-refractivity contribution in [1.82, 2.24) is 0 Å². The topological polar surface area (TPSA) is 37.3 Å². The summed E-state index contributed by atoms with van der Waals surface area (Å²) in [4.78, 5) is 11.5. The van der Waals surface area contributed by atoms with Gasteiger partial charge in [0, 0.05) is 0 Å². The zero-order chi connectivity index (χ0) is 10.9. The number of carboxylic acids is 1. The summed E-state index contributed by atoms with van der Waals surface area (Å²) in [5.41, 5.74) is 0. The van der Waals surface area contributed by atoms with E-state index < -0.39 is 5.97 Å². The van der Waals surface area contributed by atoms with Gasteiger partial charge in [-0.05, 0) is 61.2 Å². The summed E-state index contributed by atoms with van der Waals surface area (Å²) in [7, 11) is 0. The second-order valence-corrected chi connectivity index (χ2v) is 6.33. The van der Waals surface area contributed by atoms with Gasteiger partial charge in [-0.3, -0.25) is 4.79 Å². The summed E-state index contributed by atoms with van der Waals surface area (Å²) in [6.07, 6.45) is 9.60. The highest BCUT2D eigenvalue weighted by Gasteiger charge is 2.59. The van der Waals surface area contributed by atoms with Gasteiger partial charge >= 0.3 is 5.97 Å². The molecule has 1 N–H and O–H groups in total. The molecule has 4 saturated carbocycles. The van der Waals surface area contributed by atoms with E-state index >= 15 is 0 Å². The van der Waals surface area contributed by atoms with Crippen LogP contribution in [0.3, 0.4) is 0 Å². The quantitative estimate of drug-likeness (QED) is 0.687. The summed E-state index contributed by atoms with van der Waals surface area (Å²) >= 11 is 0. The molecule has 0 aromatic rings. The van der Waals surface area contributed by atoms with Crippen molar-refractivity contribution in [2.75, 3.05) is 0 Å². The molecule has 86 valence electrons. The van der Waals surface area contributed by atoms with E-state index in [1.54, 1.807) is 0 Å². The Labute approximate surface area is 95.7 Å². The minimum Gasteiger partial charge on any atom is -0.481 e. The zero-order valence-electron chi connectivity index (χ0n) is 9.38. The second kappa shape index (κ2) is 2.91. The van der Waals surface area contributed by atoms with E-state index in [0.29, 0.717) is 23.7 Å². The van der Waals surface area contributed by atoms with Crippen molar-refractivity contribution in [3.8, 4) is 0 Å². The summed E-state index contributed by atoms with van der Waals surface area (Å²) in [5, 5.41) is 9.48. The third kappa shape index (κ3) is 0.964. The molecule has 4 fully saturated rings. The van der Waals surface area contributed by atoms with Crippen molar-refractivity contribution >= 4 is 5.97 Å². The Morgan fingerprint density at radius 1 is 1.06 bits per heavy atom. The summed E-state index contributed by atoms with van der Waals surface area (Å²) < 4.78 is 0. The predicted molar refractivity (Wildman–Crippen MR) is 59.7 cm³/mol. The Morgan fingerprint density at radius 2 is 1.81 bits per heavy atom. The Morgan fingerprint density at radius 3 is 2.62 bits per heavy atom. The fourth-order valence-corrected chi connectivity index (χ4v) is 5.54. The first kappa shape index (κ1) is 9.26. The van der Waals surface area contributed by atoms with Gasteiger partial charge in [0.25, 0.3) is 0 Å². The minimum absolute atomic E-state index is 0.0206. The largest absolute Gasteiger partial charge is 0.481 e. The number of aliphatic carboxylic acids is 1. The fourth-order valence-electron chi connectivity index (χ4n) is 5.54. The standard InChI is InChI=1S/C14H18O2/c15-14(16)13-11-5-7-4-10-8(11)2-1-3-9(10)12(13)6-7/h1-2,7-13H,3-6H2,(H,15,16)/t7?,8-,9+,10?,11?,12?,13-/m1/s1. The van der Waals surface area contributed by atoms with Gasteiger partial charge in [-0.2, -0.15) is 0 Å². The fraction of sp³-hybridized carbons (Fsp3) is 0.786. The van der Waals surface area contributed by atoms with E-state index in [-0.39, 0.29) is 5.92 Å². The maximum Gasteiger partial charge on any atom is 0.307 e. The van der Waals surface area contributed by atoms with Crippen molar-refractivity contribution in [2.24, 2.45) is 41.4 Å². The van der Waals surface area contributed by atoms with Crippen LogP contribution in [-0.2, 0) is 4.79 Å². The van der Waals surface area contributed by atoms with Gasteiger partial charge in [0.2, 0.25) is 0 Å². The lowest BCUT2D eigenvalue weighted by Crippen LogP contribution is -2.58. The van der Waals surface area contributed by atoms with Crippen LogP contribution < -0.4 is 0 Å². The van der Waals surface area contributed by atoms with Crippen LogP contribution in [0.25, 0.3) is 0 Å². The molecule has 16 heavy (non-hydrogen) atoms. The molecule has 0 amide bonds. The van der Waals surface area contributed by atoms with Crippen LogP contribution in [0.15, 0.2) is 12.2 Å².